The van der Waals surface area contributed by atoms with Gasteiger partial charge in [-0.05, 0) is 55.0 Å². The van der Waals surface area contributed by atoms with E-state index in [1.54, 1.807) is 12.4 Å². The van der Waals surface area contributed by atoms with E-state index in [1.807, 2.05) is 17.0 Å². The molecule has 1 fully saturated rings. The van der Waals surface area contributed by atoms with Gasteiger partial charge in [-0.3, -0.25) is 14.7 Å². The summed E-state index contributed by atoms with van der Waals surface area (Å²) in [5.41, 5.74) is 3.60. The number of likely N-dealkylation sites (tertiary alicyclic amines) is 1. The molecule has 0 aliphatic carbocycles. The molecule has 5 nitrogen and oxygen atoms in total. The highest BCUT2D eigenvalue weighted by Gasteiger charge is 2.33. The van der Waals surface area contributed by atoms with E-state index in [4.69, 9.17) is 4.74 Å². The Balaban J connectivity index is 1.43. The van der Waals surface area contributed by atoms with Crippen molar-refractivity contribution in [1.82, 2.24) is 9.88 Å². The van der Waals surface area contributed by atoms with Crippen LogP contribution >= 0.6 is 0 Å². The number of carbonyl (C=O) groups is 1. The van der Waals surface area contributed by atoms with Crippen molar-refractivity contribution in [3.8, 4) is 5.75 Å². The lowest BCUT2D eigenvalue weighted by molar-refractivity contribution is -0.119. The van der Waals surface area contributed by atoms with Gasteiger partial charge in [0.2, 0.25) is 5.91 Å². The fourth-order valence-electron chi connectivity index (χ4n) is 4.51. The predicted molar refractivity (Wildman–Crippen MR) is 116 cm³/mol. The topological polar surface area (TPSA) is 45.7 Å². The second kappa shape index (κ2) is 8.95. The van der Waals surface area contributed by atoms with Crippen LogP contribution in [0.3, 0.4) is 0 Å². The summed E-state index contributed by atoms with van der Waals surface area (Å²) in [7, 11) is 0. The van der Waals surface area contributed by atoms with Gasteiger partial charge in [0.25, 0.3) is 0 Å². The maximum Gasteiger partial charge on any atom is 0.241 e. The molecule has 0 N–H and O–H groups in total. The van der Waals surface area contributed by atoms with Gasteiger partial charge >= 0.3 is 0 Å². The number of anilines is 1. The van der Waals surface area contributed by atoms with E-state index in [9.17, 15) is 4.79 Å². The Hall–Kier alpha value is -2.40. The van der Waals surface area contributed by atoms with Crippen LogP contribution in [0.2, 0.25) is 0 Å². The van der Waals surface area contributed by atoms with Gasteiger partial charge in [0.05, 0.1) is 25.0 Å². The van der Waals surface area contributed by atoms with Gasteiger partial charge in [-0.15, -0.1) is 0 Å². The van der Waals surface area contributed by atoms with Crippen molar-refractivity contribution in [2.75, 3.05) is 31.1 Å². The van der Waals surface area contributed by atoms with Gasteiger partial charge < -0.3 is 9.64 Å². The number of benzene rings is 1. The first-order chi connectivity index (χ1) is 14.2. The minimum absolute atomic E-state index is 0.168. The van der Waals surface area contributed by atoms with Crippen LogP contribution in [-0.4, -0.2) is 48.1 Å². The summed E-state index contributed by atoms with van der Waals surface area (Å²) in [5.74, 6) is 1.68. The average molecular weight is 394 g/mol. The van der Waals surface area contributed by atoms with E-state index in [0.717, 1.165) is 56.8 Å². The van der Waals surface area contributed by atoms with Gasteiger partial charge in [0, 0.05) is 31.7 Å². The van der Waals surface area contributed by atoms with Crippen LogP contribution in [0, 0.1) is 0 Å². The normalized spacial score (nSPS) is 21.0. The molecule has 0 unspecified atom stereocenters. The minimum atomic E-state index is 0.168. The van der Waals surface area contributed by atoms with Crippen LogP contribution in [0.15, 0.2) is 42.7 Å². The fourth-order valence-corrected chi connectivity index (χ4v) is 4.51. The molecule has 3 heterocycles. The van der Waals surface area contributed by atoms with E-state index in [-0.39, 0.29) is 5.91 Å². The Kier molecular flexibility index (Phi) is 6.14. The quantitative estimate of drug-likeness (QED) is 0.713. The number of pyridine rings is 1. The fraction of sp³-hybridized carbons (Fsp3) is 0.500. The molecule has 2 atom stereocenters. The molecule has 0 spiro atoms. The Morgan fingerprint density at radius 3 is 3.03 bits per heavy atom. The summed E-state index contributed by atoms with van der Waals surface area (Å²) in [6.45, 7) is 7.33. The van der Waals surface area contributed by atoms with Crippen LogP contribution in [-0.2, 0) is 11.2 Å². The lowest BCUT2D eigenvalue weighted by Gasteiger charge is -2.27. The third kappa shape index (κ3) is 4.45. The molecule has 4 rings (SSSR count). The molecule has 154 valence electrons. The van der Waals surface area contributed by atoms with Gasteiger partial charge in [0.15, 0.2) is 0 Å². The maximum atomic E-state index is 13.2. The number of rotatable bonds is 7. The first kappa shape index (κ1) is 19.9. The zero-order valence-corrected chi connectivity index (χ0v) is 17.5. The summed E-state index contributed by atoms with van der Waals surface area (Å²) in [4.78, 5) is 21.6. The Bertz CT molecular complexity index is 839. The van der Waals surface area contributed by atoms with Crippen molar-refractivity contribution < 1.29 is 9.53 Å². The van der Waals surface area contributed by atoms with Gasteiger partial charge in [-0.1, -0.05) is 25.5 Å². The summed E-state index contributed by atoms with van der Waals surface area (Å²) in [6, 6.07) is 10.9. The van der Waals surface area contributed by atoms with E-state index < -0.39 is 0 Å². The lowest BCUT2D eigenvalue weighted by atomic mass is 9.94. The van der Waals surface area contributed by atoms with E-state index in [2.05, 4.69) is 41.9 Å². The Labute approximate surface area is 173 Å². The summed E-state index contributed by atoms with van der Waals surface area (Å²) < 4.78 is 5.65. The number of amides is 1. The third-order valence-corrected chi connectivity index (χ3v) is 6.22. The largest absolute Gasteiger partial charge is 0.493 e. The Morgan fingerprint density at radius 1 is 1.34 bits per heavy atom. The van der Waals surface area contributed by atoms with Crippen molar-refractivity contribution in [3.63, 3.8) is 0 Å². The second-order valence-electron chi connectivity index (χ2n) is 8.29. The lowest BCUT2D eigenvalue weighted by Crippen LogP contribution is -2.42. The first-order valence-electron chi connectivity index (χ1n) is 10.9. The predicted octanol–water partition coefficient (Wildman–Crippen LogP) is 4.03. The molecule has 1 aromatic carbocycles. The monoisotopic (exact) mass is 393 g/mol. The molecule has 0 radical (unpaired) electrons. The van der Waals surface area contributed by atoms with Crippen molar-refractivity contribution >= 4 is 11.6 Å². The molecule has 0 saturated carbocycles. The molecule has 1 aromatic heterocycles. The van der Waals surface area contributed by atoms with E-state index in [1.165, 1.54) is 11.1 Å². The summed E-state index contributed by atoms with van der Waals surface area (Å²) in [6.07, 6.45) is 7.70. The maximum absolute atomic E-state index is 13.2. The van der Waals surface area contributed by atoms with Gasteiger partial charge in [0.1, 0.15) is 5.75 Å². The zero-order valence-electron chi connectivity index (χ0n) is 17.5. The number of unbranched alkanes of at least 4 members (excludes halogenated alkanes) is 1. The second-order valence-corrected chi connectivity index (χ2v) is 8.29. The highest BCUT2D eigenvalue weighted by molar-refractivity contribution is 5.94. The number of aromatic nitrogens is 1. The summed E-state index contributed by atoms with van der Waals surface area (Å²) >= 11 is 0. The minimum Gasteiger partial charge on any atom is -0.493 e. The molecule has 2 aromatic rings. The molecule has 2 aliphatic heterocycles. The van der Waals surface area contributed by atoms with Crippen LogP contribution < -0.4 is 9.64 Å². The van der Waals surface area contributed by atoms with Crippen molar-refractivity contribution in [1.29, 1.82) is 0 Å². The van der Waals surface area contributed by atoms with Gasteiger partial charge in [-0.25, -0.2) is 0 Å². The molecule has 1 saturated heterocycles. The van der Waals surface area contributed by atoms with Crippen LogP contribution in [0.1, 0.15) is 50.2 Å². The van der Waals surface area contributed by atoms with Crippen molar-refractivity contribution in [3.05, 3.63) is 53.9 Å². The van der Waals surface area contributed by atoms with Gasteiger partial charge in [-0.2, -0.15) is 0 Å². The van der Waals surface area contributed by atoms with E-state index in [0.29, 0.717) is 18.5 Å². The third-order valence-electron chi connectivity index (χ3n) is 6.22. The number of nitrogens with zero attached hydrogens (tertiary/aromatic N) is 3. The van der Waals surface area contributed by atoms with E-state index >= 15 is 0 Å². The average Bonchev–Trinajstić information content (AvgIpc) is 3.35. The first-order valence-corrected chi connectivity index (χ1v) is 10.9. The standard InChI is InChI=1S/C24H31N3O2/c1-3-4-11-27(22-6-5-10-25-15-22)24(28)17-26-16-21(13-18(26)2)19-7-8-23-20(14-19)9-12-29-23/h5-8,10,14-15,18,21H,3-4,9,11-13,16-17H2,1-2H3/t18-,21+/m0/s1. The highest BCUT2D eigenvalue weighted by atomic mass is 16.5. The molecular weight excluding hydrogens is 362 g/mol. The molecule has 29 heavy (non-hydrogen) atoms. The highest BCUT2D eigenvalue weighted by Crippen LogP contribution is 2.35. The molecule has 2 aliphatic rings. The number of carbonyl (C=O) groups excluding carboxylic acids is 1. The smallest absolute Gasteiger partial charge is 0.241 e. The number of hydrogen-bond acceptors (Lipinski definition) is 4. The number of fused-ring (bicyclic) bond motifs is 1. The molecule has 0 bridgehead atoms. The van der Waals surface area contributed by atoms with Crippen LogP contribution in [0.5, 0.6) is 5.75 Å². The number of ether oxygens (including phenoxy) is 1. The zero-order chi connectivity index (χ0) is 20.2. The van der Waals surface area contributed by atoms with Crippen LogP contribution in [0.25, 0.3) is 0 Å². The molecular formula is C24H31N3O2. The number of hydrogen-bond donors (Lipinski definition) is 0. The van der Waals surface area contributed by atoms with Crippen LogP contribution in [0.4, 0.5) is 5.69 Å². The Morgan fingerprint density at radius 2 is 2.24 bits per heavy atom. The van der Waals surface area contributed by atoms with Crippen molar-refractivity contribution in [2.24, 2.45) is 0 Å². The van der Waals surface area contributed by atoms with Crippen molar-refractivity contribution in [2.45, 2.75) is 51.5 Å². The summed E-state index contributed by atoms with van der Waals surface area (Å²) in [5, 5.41) is 0. The molecule has 1 amide bonds. The molecule has 5 heteroatoms. The SMILES string of the molecule is CCCCN(C(=O)CN1C[C@H](c2ccc3c(c2)CCO3)C[C@@H]1C)c1cccnc1.